The molecule has 0 fully saturated rings. The molecule has 0 spiro atoms. The van der Waals surface area contributed by atoms with Gasteiger partial charge in [-0.15, -0.1) is 0 Å². The minimum absolute atomic E-state index is 0.345. The lowest BCUT2D eigenvalue weighted by molar-refractivity contribution is 0.0153. The average Bonchev–Trinajstić information content (AvgIpc) is 2.72. The second-order valence-corrected chi connectivity index (χ2v) is 8.13. The van der Waals surface area contributed by atoms with Crippen LogP contribution in [0, 0.1) is 0 Å². The van der Waals surface area contributed by atoms with Gasteiger partial charge in [-0.05, 0) is 36.6 Å². The van der Waals surface area contributed by atoms with E-state index in [1.165, 1.54) is 0 Å². The van der Waals surface area contributed by atoms with Gasteiger partial charge in [0.2, 0.25) is 0 Å². The van der Waals surface area contributed by atoms with Crippen LogP contribution in [0.1, 0.15) is 30.4 Å². The number of para-hydroxylation sites is 1. The maximum absolute atomic E-state index is 11.9. The monoisotopic (exact) mass is 412 g/mol. The van der Waals surface area contributed by atoms with Crippen LogP contribution in [0.2, 0.25) is 0 Å². The minimum Gasteiger partial charge on any atom is -0.494 e. The van der Waals surface area contributed by atoms with Crippen molar-refractivity contribution in [2.45, 2.75) is 24.9 Å². The molecule has 152 valence electrons. The summed E-state index contributed by atoms with van der Waals surface area (Å²) >= 11 is 0. The summed E-state index contributed by atoms with van der Waals surface area (Å²) in [6.45, 7) is 2.10. The first kappa shape index (κ1) is 21.3. The van der Waals surface area contributed by atoms with Crippen molar-refractivity contribution in [2.24, 2.45) is 0 Å². The molecule has 0 amide bonds. The van der Waals surface area contributed by atoms with Crippen molar-refractivity contribution in [3.63, 3.8) is 0 Å². The van der Waals surface area contributed by atoms with Gasteiger partial charge in [0.05, 0.1) is 6.61 Å². The predicted octanol–water partition coefficient (Wildman–Crippen LogP) is 5.26. The third kappa shape index (κ3) is 5.78. The lowest BCUT2D eigenvalue weighted by Gasteiger charge is -2.38. The van der Waals surface area contributed by atoms with Crippen LogP contribution in [0.3, 0.4) is 0 Å². The summed E-state index contributed by atoms with van der Waals surface area (Å²) in [6, 6.07) is 28.2. The van der Waals surface area contributed by atoms with Gasteiger partial charge in [0, 0.05) is 5.92 Å². The highest BCUT2D eigenvalue weighted by Gasteiger charge is 2.43. The Morgan fingerprint density at radius 2 is 1.38 bits per heavy atom. The van der Waals surface area contributed by atoms with Crippen LogP contribution in [0.4, 0.5) is 0 Å². The quantitative estimate of drug-likeness (QED) is 0.469. The Labute approximate surface area is 171 Å². The van der Waals surface area contributed by atoms with Gasteiger partial charge in [0.25, 0.3) is 0 Å². The average molecular weight is 412 g/mol. The summed E-state index contributed by atoms with van der Waals surface area (Å²) in [5.41, 5.74) is 0.364. The third-order valence-electron chi connectivity index (χ3n) is 4.94. The van der Waals surface area contributed by atoms with Crippen molar-refractivity contribution in [3.05, 3.63) is 102 Å². The van der Waals surface area contributed by atoms with E-state index in [2.05, 4.69) is 0 Å². The van der Waals surface area contributed by atoms with E-state index >= 15 is 0 Å². The van der Waals surface area contributed by atoms with Crippen LogP contribution in [0.25, 0.3) is 0 Å². The fraction of sp³-hybridized carbons (Fsp3) is 0.217. The molecule has 0 saturated heterocycles. The van der Waals surface area contributed by atoms with Gasteiger partial charge in [0.1, 0.15) is 11.4 Å². The lowest BCUT2D eigenvalue weighted by Crippen LogP contribution is -2.34. The van der Waals surface area contributed by atoms with Crippen molar-refractivity contribution < 1.29 is 23.6 Å². The van der Waals surface area contributed by atoms with E-state index in [4.69, 9.17) is 9.26 Å². The molecule has 0 aliphatic carbocycles. The predicted molar refractivity (Wildman–Crippen MR) is 113 cm³/mol. The number of ether oxygens (including phenoxy) is 1. The Balaban J connectivity index is 1.95. The molecule has 0 saturated carbocycles. The van der Waals surface area contributed by atoms with Gasteiger partial charge in [-0.3, -0.25) is 4.52 Å². The summed E-state index contributed by atoms with van der Waals surface area (Å²) in [7, 11) is -4.76. The second-order valence-electron chi connectivity index (χ2n) is 6.97. The minimum atomic E-state index is -4.76. The summed E-state index contributed by atoms with van der Waals surface area (Å²) in [5, 5.41) is 0. The fourth-order valence-corrected chi connectivity index (χ4v) is 4.32. The van der Waals surface area contributed by atoms with Crippen molar-refractivity contribution in [3.8, 4) is 5.75 Å². The van der Waals surface area contributed by atoms with Gasteiger partial charge in [-0.1, -0.05) is 78.9 Å². The molecule has 0 aliphatic heterocycles. The molecule has 2 N–H and O–H groups in total. The fourth-order valence-electron chi connectivity index (χ4n) is 3.59. The molecule has 0 aromatic heterocycles. The molecule has 6 heteroatoms. The zero-order chi connectivity index (χ0) is 20.7. The first-order chi connectivity index (χ1) is 13.9. The van der Waals surface area contributed by atoms with Crippen molar-refractivity contribution >= 4 is 7.82 Å². The molecule has 0 radical (unpaired) electrons. The molecule has 0 heterocycles. The second kappa shape index (κ2) is 9.38. The molecule has 3 aromatic rings. The van der Waals surface area contributed by atoms with E-state index < -0.39 is 13.4 Å². The van der Waals surface area contributed by atoms with Crippen LogP contribution in [-0.4, -0.2) is 16.4 Å². The molecule has 5 nitrogen and oxygen atoms in total. The van der Waals surface area contributed by atoms with Crippen molar-refractivity contribution in [1.82, 2.24) is 0 Å². The molecular formula is C23H25O5P. The number of benzene rings is 3. The number of phosphoric acid groups is 1. The van der Waals surface area contributed by atoms with E-state index in [1.807, 2.05) is 91.0 Å². The Bertz CT molecular complexity index is 927. The first-order valence-corrected chi connectivity index (χ1v) is 11.0. The summed E-state index contributed by atoms with van der Waals surface area (Å²) in [6.07, 6.45) is 0.504. The zero-order valence-electron chi connectivity index (χ0n) is 16.2. The highest BCUT2D eigenvalue weighted by atomic mass is 31.2. The van der Waals surface area contributed by atoms with E-state index in [0.717, 1.165) is 11.3 Å². The number of phosphoric ester groups is 1. The van der Waals surface area contributed by atoms with E-state index in [9.17, 15) is 14.4 Å². The Morgan fingerprint density at radius 1 is 0.862 bits per heavy atom. The van der Waals surface area contributed by atoms with Gasteiger partial charge in [-0.25, -0.2) is 4.57 Å². The van der Waals surface area contributed by atoms with E-state index in [-0.39, 0.29) is 5.92 Å². The van der Waals surface area contributed by atoms with Crippen LogP contribution < -0.4 is 4.74 Å². The maximum atomic E-state index is 11.9. The summed E-state index contributed by atoms with van der Waals surface area (Å²) < 4.78 is 23.2. The van der Waals surface area contributed by atoms with Gasteiger partial charge < -0.3 is 14.5 Å². The Morgan fingerprint density at radius 3 is 1.93 bits per heavy atom. The summed E-state index contributed by atoms with van der Waals surface area (Å²) in [5.74, 6) is 0.402. The highest BCUT2D eigenvalue weighted by molar-refractivity contribution is 7.46. The van der Waals surface area contributed by atoms with E-state index in [0.29, 0.717) is 18.6 Å². The number of hydrogen-bond donors (Lipinski definition) is 2. The van der Waals surface area contributed by atoms with Crippen LogP contribution in [-0.2, 0) is 14.7 Å². The highest BCUT2D eigenvalue weighted by Crippen LogP contribution is 2.52. The van der Waals surface area contributed by atoms with Crippen LogP contribution in [0.15, 0.2) is 91.0 Å². The van der Waals surface area contributed by atoms with Crippen LogP contribution in [0.5, 0.6) is 5.75 Å². The SMILES string of the molecule is CC(OP(=O)(O)O)(c1ccccc1)C(CCOc1ccccc1)c1ccccc1. The molecule has 0 bridgehead atoms. The topological polar surface area (TPSA) is 76.0 Å². The standard InChI is InChI=1S/C23H25O5P/c1-23(28-29(24,25)26,20-13-7-3-8-14-20)22(19-11-5-2-6-12-19)17-18-27-21-15-9-4-10-16-21/h2-16,22H,17-18H2,1H3,(H2,24,25,26). The molecule has 0 aliphatic rings. The maximum Gasteiger partial charge on any atom is 0.470 e. The van der Waals surface area contributed by atoms with Crippen molar-refractivity contribution in [2.75, 3.05) is 6.61 Å². The van der Waals surface area contributed by atoms with Crippen LogP contribution >= 0.6 is 7.82 Å². The Kier molecular flexibility index (Phi) is 6.88. The lowest BCUT2D eigenvalue weighted by atomic mass is 9.77. The van der Waals surface area contributed by atoms with E-state index in [1.54, 1.807) is 6.92 Å². The third-order valence-corrected chi connectivity index (χ3v) is 5.56. The molecule has 3 rings (SSSR count). The van der Waals surface area contributed by atoms with Gasteiger partial charge in [-0.2, -0.15) is 0 Å². The molecule has 29 heavy (non-hydrogen) atoms. The molecule has 2 atom stereocenters. The zero-order valence-corrected chi connectivity index (χ0v) is 17.1. The molecule has 3 aromatic carbocycles. The Hall–Kier alpha value is -2.43. The van der Waals surface area contributed by atoms with Gasteiger partial charge >= 0.3 is 7.82 Å². The largest absolute Gasteiger partial charge is 0.494 e. The molecule has 2 unspecified atom stereocenters. The first-order valence-electron chi connectivity index (χ1n) is 9.43. The number of hydrogen-bond acceptors (Lipinski definition) is 3. The summed E-state index contributed by atoms with van der Waals surface area (Å²) in [4.78, 5) is 19.3. The molecular weight excluding hydrogens is 387 g/mol. The normalized spacial score (nSPS) is 14.7. The number of rotatable bonds is 9. The smallest absolute Gasteiger partial charge is 0.470 e. The van der Waals surface area contributed by atoms with Gasteiger partial charge in [0.15, 0.2) is 0 Å². The van der Waals surface area contributed by atoms with Crippen molar-refractivity contribution in [1.29, 1.82) is 0 Å².